The third kappa shape index (κ3) is 5.06. The van der Waals surface area contributed by atoms with E-state index in [0.717, 1.165) is 17.9 Å². The van der Waals surface area contributed by atoms with Gasteiger partial charge >= 0.3 is 0 Å². The highest BCUT2D eigenvalue weighted by atomic mass is 16.5. The number of rotatable bonds is 8. The molecule has 2 N–H and O–H groups in total. The van der Waals surface area contributed by atoms with Gasteiger partial charge in [0.25, 0.3) is 0 Å². The van der Waals surface area contributed by atoms with Crippen LogP contribution < -0.4 is 10.1 Å². The minimum absolute atomic E-state index is 0.240. The lowest BCUT2D eigenvalue weighted by Crippen LogP contribution is -2.33. The molecule has 0 saturated heterocycles. The van der Waals surface area contributed by atoms with Crippen molar-refractivity contribution in [3.63, 3.8) is 0 Å². The molecule has 23 heavy (non-hydrogen) atoms. The van der Waals surface area contributed by atoms with Crippen LogP contribution in [-0.2, 0) is 0 Å². The van der Waals surface area contributed by atoms with Gasteiger partial charge < -0.3 is 20.1 Å². The van der Waals surface area contributed by atoms with Gasteiger partial charge in [0.05, 0.1) is 13.2 Å². The Morgan fingerprint density at radius 3 is 2.17 bits per heavy atom. The van der Waals surface area contributed by atoms with Crippen molar-refractivity contribution in [3.05, 3.63) is 65.7 Å². The van der Waals surface area contributed by atoms with Crippen LogP contribution in [0.5, 0.6) is 5.75 Å². The number of nitrogens with one attached hydrogen (secondary N) is 1. The molecule has 0 heterocycles. The van der Waals surface area contributed by atoms with Crippen LogP contribution in [0.3, 0.4) is 0 Å². The van der Waals surface area contributed by atoms with E-state index in [2.05, 4.69) is 36.4 Å². The molecule has 0 aliphatic rings. The summed E-state index contributed by atoms with van der Waals surface area (Å²) in [6.07, 6.45) is -0.491. The van der Waals surface area contributed by atoms with E-state index in [4.69, 9.17) is 4.74 Å². The van der Waals surface area contributed by atoms with E-state index in [0.29, 0.717) is 6.54 Å². The van der Waals surface area contributed by atoms with Gasteiger partial charge in [0.2, 0.25) is 0 Å². The summed E-state index contributed by atoms with van der Waals surface area (Å²) in [5, 5.41) is 13.6. The minimum Gasteiger partial charge on any atom is -0.497 e. The van der Waals surface area contributed by atoms with E-state index in [1.807, 2.05) is 42.5 Å². The zero-order valence-corrected chi connectivity index (χ0v) is 14.1. The number of hydrogen-bond acceptors (Lipinski definition) is 4. The first-order valence-corrected chi connectivity index (χ1v) is 7.86. The molecule has 0 saturated carbocycles. The number of aliphatic hydroxyl groups excluding tert-OH is 1. The molecule has 2 unspecified atom stereocenters. The van der Waals surface area contributed by atoms with Crippen molar-refractivity contribution in [2.24, 2.45) is 0 Å². The molecule has 0 amide bonds. The van der Waals surface area contributed by atoms with Crippen LogP contribution in [0.1, 0.15) is 23.3 Å². The second kappa shape index (κ2) is 8.67. The van der Waals surface area contributed by atoms with Gasteiger partial charge in [-0.15, -0.1) is 0 Å². The molecule has 2 rings (SSSR count). The summed E-state index contributed by atoms with van der Waals surface area (Å²) >= 11 is 0. The number of hydrogen-bond donors (Lipinski definition) is 2. The molecule has 124 valence electrons. The molecule has 0 radical (unpaired) electrons. The molecule has 2 aromatic carbocycles. The van der Waals surface area contributed by atoms with Gasteiger partial charge in [-0.2, -0.15) is 0 Å². The lowest BCUT2D eigenvalue weighted by molar-refractivity contribution is 0.169. The first kappa shape index (κ1) is 17.5. The highest BCUT2D eigenvalue weighted by Crippen LogP contribution is 2.21. The van der Waals surface area contributed by atoms with E-state index < -0.39 is 6.10 Å². The number of likely N-dealkylation sites (N-methyl/N-ethyl adjacent to an activating group) is 1. The van der Waals surface area contributed by atoms with E-state index >= 15 is 0 Å². The molecule has 0 aliphatic heterocycles. The van der Waals surface area contributed by atoms with Crippen molar-refractivity contribution < 1.29 is 9.84 Å². The zero-order valence-electron chi connectivity index (χ0n) is 14.1. The Balaban J connectivity index is 1.92. The molecular formula is C19H26N2O2. The van der Waals surface area contributed by atoms with Crippen LogP contribution in [-0.4, -0.2) is 44.3 Å². The molecule has 4 nitrogen and oxygen atoms in total. The summed E-state index contributed by atoms with van der Waals surface area (Å²) in [6.45, 7) is 1.30. The summed E-state index contributed by atoms with van der Waals surface area (Å²) in [4.78, 5) is 2.17. The minimum atomic E-state index is -0.491. The summed E-state index contributed by atoms with van der Waals surface area (Å²) in [5.41, 5.74) is 2.16. The average molecular weight is 314 g/mol. The molecular weight excluding hydrogens is 288 g/mol. The van der Waals surface area contributed by atoms with Crippen LogP contribution in [0, 0.1) is 0 Å². The Hall–Kier alpha value is -1.88. The van der Waals surface area contributed by atoms with Gasteiger partial charge in [0.1, 0.15) is 5.75 Å². The van der Waals surface area contributed by atoms with Gasteiger partial charge in [0, 0.05) is 19.1 Å². The zero-order chi connectivity index (χ0) is 16.7. The van der Waals surface area contributed by atoms with E-state index in [-0.39, 0.29) is 6.04 Å². The van der Waals surface area contributed by atoms with Crippen molar-refractivity contribution >= 4 is 0 Å². The predicted molar refractivity (Wildman–Crippen MR) is 93.7 cm³/mol. The Kier molecular flexibility index (Phi) is 6.59. The highest BCUT2D eigenvalue weighted by Gasteiger charge is 2.15. The second-order valence-corrected chi connectivity index (χ2v) is 5.84. The van der Waals surface area contributed by atoms with Crippen molar-refractivity contribution in [3.8, 4) is 5.75 Å². The van der Waals surface area contributed by atoms with Crippen LogP contribution in [0.2, 0.25) is 0 Å². The lowest BCUT2D eigenvalue weighted by atomic mass is 10.1. The van der Waals surface area contributed by atoms with E-state index in [9.17, 15) is 5.11 Å². The molecule has 0 aromatic heterocycles. The van der Waals surface area contributed by atoms with Gasteiger partial charge in [-0.3, -0.25) is 0 Å². The molecule has 0 bridgehead atoms. The number of nitrogens with zero attached hydrogens (tertiary/aromatic N) is 1. The maximum atomic E-state index is 10.2. The fraction of sp³-hybridized carbons (Fsp3) is 0.368. The number of aliphatic hydroxyl groups is 1. The van der Waals surface area contributed by atoms with Gasteiger partial charge in [0.15, 0.2) is 0 Å². The summed E-state index contributed by atoms with van der Waals surface area (Å²) in [5.74, 6) is 0.860. The molecule has 0 aliphatic carbocycles. The summed E-state index contributed by atoms with van der Waals surface area (Å²) in [7, 11) is 5.79. The smallest absolute Gasteiger partial charge is 0.118 e. The van der Waals surface area contributed by atoms with Crippen LogP contribution in [0.15, 0.2) is 54.6 Å². The quantitative estimate of drug-likeness (QED) is 0.786. The first-order chi connectivity index (χ1) is 11.1. The standard InChI is InChI=1S/C19H26N2O2/c1-21(2)18(15-9-11-17(23-3)12-10-15)13-20-14-19(22)16-7-5-4-6-8-16/h4-12,18-20,22H,13-14H2,1-3H3. The Morgan fingerprint density at radius 2 is 1.61 bits per heavy atom. The molecule has 0 spiro atoms. The van der Waals surface area contributed by atoms with E-state index in [1.54, 1.807) is 7.11 Å². The summed E-state index contributed by atoms with van der Waals surface area (Å²) < 4.78 is 5.21. The van der Waals surface area contributed by atoms with Crippen molar-refractivity contribution in [1.82, 2.24) is 10.2 Å². The van der Waals surface area contributed by atoms with Crippen molar-refractivity contribution in [2.45, 2.75) is 12.1 Å². The normalized spacial score (nSPS) is 13.8. The fourth-order valence-corrected chi connectivity index (χ4v) is 2.57. The SMILES string of the molecule is COc1ccc(C(CNCC(O)c2ccccc2)N(C)C)cc1. The Labute approximate surface area is 138 Å². The first-order valence-electron chi connectivity index (χ1n) is 7.86. The Morgan fingerprint density at radius 1 is 0.957 bits per heavy atom. The molecule has 0 fully saturated rings. The van der Waals surface area contributed by atoms with Crippen molar-refractivity contribution in [1.29, 1.82) is 0 Å². The van der Waals surface area contributed by atoms with Crippen LogP contribution in [0.4, 0.5) is 0 Å². The third-order valence-corrected chi connectivity index (χ3v) is 3.98. The Bertz CT molecular complexity index is 570. The fourth-order valence-electron chi connectivity index (χ4n) is 2.57. The van der Waals surface area contributed by atoms with Crippen LogP contribution >= 0.6 is 0 Å². The molecule has 2 atom stereocenters. The number of ether oxygens (including phenoxy) is 1. The monoisotopic (exact) mass is 314 g/mol. The highest BCUT2D eigenvalue weighted by molar-refractivity contribution is 5.29. The van der Waals surface area contributed by atoms with Crippen molar-refractivity contribution in [2.75, 3.05) is 34.3 Å². The lowest BCUT2D eigenvalue weighted by Gasteiger charge is -2.26. The van der Waals surface area contributed by atoms with Gasteiger partial charge in [-0.1, -0.05) is 42.5 Å². The number of methoxy groups -OCH3 is 1. The molecule has 2 aromatic rings. The van der Waals surface area contributed by atoms with Gasteiger partial charge in [-0.25, -0.2) is 0 Å². The summed E-state index contributed by atoms with van der Waals surface area (Å²) in [6, 6.07) is 18.1. The number of benzene rings is 2. The molecule has 4 heteroatoms. The largest absolute Gasteiger partial charge is 0.497 e. The third-order valence-electron chi connectivity index (χ3n) is 3.98. The maximum Gasteiger partial charge on any atom is 0.118 e. The average Bonchev–Trinajstić information content (AvgIpc) is 2.59. The predicted octanol–water partition coefficient (Wildman–Crippen LogP) is 2.62. The van der Waals surface area contributed by atoms with Crippen LogP contribution in [0.25, 0.3) is 0 Å². The maximum absolute atomic E-state index is 10.2. The second-order valence-electron chi connectivity index (χ2n) is 5.84. The van der Waals surface area contributed by atoms with E-state index in [1.165, 1.54) is 5.56 Å². The topological polar surface area (TPSA) is 44.7 Å². The van der Waals surface area contributed by atoms with Gasteiger partial charge in [-0.05, 0) is 37.4 Å².